The molecule has 0 aliphatic heterocycles. The van der Waals surface area contributed by atoms with E-state index >= 15 is 0 Å². The molecule has 0 bridgehead atoms. The molecule has 10 aromatic rings. The summed E-state index contributed by atoms with van der Waals surface area (Å²) in [5, 5.41) is 7.78. The maximum Gasteiger partial charge on any atom is 0.0162 e. The molecule has 284 valence electrons. The van der Waals surface area contributed by atoms with Gasteiger partial charge in [0.25, 0.3) is 0 Å². The molecule has 0 heterocycles. The third-order valence-electron chi connectivity index (χ3n) is 14.0. The largest absolute Gasteiger partial charge is 0.0622 e. The lowest BCUT2D eigenvalue weighted by Crippen LogP contribution is -2.24. The highest BCUT2D eigenvalue weighted by Crippen LogP contribution is 2.63. The molecule has 0 spiro atoms. The highest BCUT2D eigenvalue weighted by molar-refractivity contribution is 6.14. The Morgan fingerprint density at radius 1 is 0.267 bits per heavy atom. The Morgan fingerprint density at radius 3 is 1.03 bits per heavy atom. The highest BCUT2D eigenvalue weighted by Gasteiger charge is 2.47. The zero-order chi connectivity index (χ0) is 40.3. The van der Waals surface area contributed by atoms with Crippen LogP contribution in [0, 0.1) is 0 Å². The number of benzene rings is 10. The molecule has 0 heteroatoms. The Hall–Kier alpha value is -7.02. The Kier molecular flexibility index (Phi) is 7.42. The van der Waals surface area contributed by atoms with Crippen molar-refractivity contribution in [3.63, 3.8) is 0 Å². The van der Waals surface area contributed by atoms with Crippen molar-refractivity contribution in [3.8, 4) is 66.8 Å². The fourth-order valence-corrected chi connectivity index (χ4v) is 11.3. The van der Waals surface area contributed by atoms with Crippen LogP contribution in [0.4, 0.5) is 0 Å². The average molecular weight is 765 g/mol. The predicted molar refractivity (Wildman–Crippen MR) is 256 cm³/mol. The predicted octanol–water partition coefficient (Wildman–Crippen LogP) is 16.4. The number of fused-ring (bicyclic) bond motifs is 12. The summed E-state index contributed by atoms with van der Waals surface area (Å²) in [5.41, 5.74) is 20.9. The van der Waals surface area contributed by atoms with E-state index in [1.807, 2.05) is 0 Å². The lowest BCUT2D eigenvalue weighted by molar-refractivity contribution is 0.602. The lowest BCUT2D eigenvalue weighted by Gasteiger charge is -2.31. The van der Waals surface area contributed by atoms with Crippen molar-refractivity contribution in [2.24, 2.45) is 0 Å². The normalized spacial score (nSPS) is 14.3. The Balaban J connectivity index is 1.08. The van der Waals surface area contributed by atoms with E-state index in [0.717, 1.165) is 0 Å². The van der Waals surface area contributed by atoms with Crippen molar-refractivity contribution in [2.45, 2.75) is 38.5 Å². The summed E-state index contributed by atoms with van der Waals surface area (Å²) in [6.07, 6.45) is 0. The van der Waals surface area contributed by atoms with Gasteiger partial charge in [-0.25, -0.2) is 0 Å². The van der Waals surface area contributed by atoms with Gasteiger partial charge in [0.15, 0.2) is 0 Å². The molecular weight excluding hydrogens is 721 g/mol. The van der Waals surface area contributed by atoms with Crippen molar-refractivity contribution in [1.82, 2.24) is 0 Å². The van der Waals surface area contributed by atoms with Gasteiger partial charge in [0.05, 0.1) is 0 Å². The Morgan fingerprint density at radius 2 is 0.617 bits per heavy atom. The van der Waals surface area contributed by atoms with Crippen LogP contribution in [0.25, 0.3) is 99.1 Å². The molecule has 2 aliphatic carbocycles. The molecule has 0 unspecified atom stereocenters. The van der Waals surface area contributed by atoms with E-state index in [1.165, 1.54) is 121 Å². The molecule has 0 nitrogen and oxygen atoms in total. The maximum absolute atomic E-state index is 2.53. The van der Waals surface area contributed by atoms with Crippen molar-refractivity contribution in [2.75, 3.05) is 0 Å². The van der Waals surface area contributed by atoms with Crippen LogP contribution >= 0.6 is 0 Å². The minimum absolute atomic E-state index is 0.245. The summed E-state index contributed by atoms with van der Waals surface area (Å²) in [6, 6.07) is 72.6. The second kappa shape index (κ2) is 12.7. The van der Waals surface area contributed by atoms with Gasteiger partial charge in [-0.3, -0.25) is 0 Å². The first kappa shape index (κ1) is 35.0. The molecule has 0 saturated carbocycles. The van der Waals surface area contributed by atoms with E-state index < -0.39 is 0 Å². The SMILES string of the molecule is CC1(C)c2cc(-c3c(-c4ccccc4)ccc4ccccc34)ccc2-c2c1c1c(c3ccccc23)-c2ccc(-c3c(-c4ccccc4)ccc4ccccc34)cc2C1(C)C. The Bertz CT molecular complexity index is 3170. The van der Waals surface area contributed by atoms with Crippen LogP contribution in [-0.4, -0.2) is 0 Å². The summed E-state index contributed by atoms with van der Waals surface area (Å²) in [5.74, 6) is 0. The van der Waals surface area contributed by atoms with Crippen LogP contribution < -0.4 is 0 Å². The maximum atomic E-state index is 2.53. The van der Waals surface area contributed by atoms with Crippen LogP contribution in [-0.2, 0) is 10.8 Å². The van der Waals surface area contributed by atoms with E-state index in [9.17, 15) is 0 Å². The van der Waals surface area contributed by atoms with Crippen molar-refractivity contribution < 1.29 is 0 Å². The summed E-state index contributed by atoms with van der Waals surface area (Å²) in [6.45, 7) is 9.91. The summed E-state index contributed by atoms with van der Waals surface area (Å²) >= 11 is 0. The quantitative estimate of drug-likeness (QED) is 0.167. The summed E-state index contributed by atoms with van der Waals surface area (Å²) in [4.78, 5) is 0. The first-order valence-corrected chi connectivity index (χ1v) is 21.4. The molecule has 0 amide bonds. The van der Waals surface area contributed by atoms with Gasteiger partial charge >= 0.3 is 0 Å². The van der Waals surface area contributed by atoms with Crippen molar-refractivity contribution in [3.05, 3.63) is 216 Å². The molecule has 2 aliphatic rings. The fraction of sp³-hybridized carbons (Fsp3) is 0.100. The number of rotatable bonds is 4. The van der Waals surface area contributed by atoms with Gasteiger partial charge in [-0.05, 0) is 133 Å². The zero-order valence-electron chi connectivity index (χ0n) is 34.5. The van der Waals surface area contributed by atoms with Crippen LogP contribution in [0.2, 0.25) is 0 Å². The van der Waals surface area contributed by atoms with Gasteiger partial charge in [-0.2, -0.15) is 0 Å². The van der Waals surface area contributed by atoms with Crippen LogP contribution in [0.15, 0.2) is 194 Å². The summed E-state index contributed by atoms with van der Waals surface area (Å²) in [7, 11) is 0. The van der Waals surface area contributed by atoms with Gasteiger partial charge in [0.2, 0.25) is 0 Å². The van der Waals surface area contributed by atoms with Gasteiger partial charge in [-0.15, -0.1) is 0 Å². The Labute approximate surface area is 352 Å². The molecule has 12 rings (SSSR count). The lowest BCUT2D eigenvalue weighted by atomic mass is 9.71. The topological polar surface area (TPSA) is 0 Å². The van der Waals surface area contributed by atoms with Crippen LogP contribution in [0.5, 0.6) is 0 Å². The summed E-state index contributed by atoms with van der Waals surface area (Å²) < 4.78 is 0. The average Bonchev–Trinajstić information content (AvgIpc) is 3.67. The van der Waals surface area contributed by atoms with E-state index in [2.05, 4.69) is 222 Å². The minimum atomic E-state index is -0.245. The first-order chi connectivity index (χ1) is 29.3. The van der Waals surface area contributed by atoms with E-state index in [-0.39, 0.29) is 10.8 Å². The molecule has 0 saturated heterocycles. The smallest absolute Gasteiger partial charge is 0.0162 e. The third kappa shape index (κ3) is 4.85. The molecule has 0 N–H and O–H groups in total. The van der Waals surface area contributed by atoms with Gasteiger partial charge < -0.3 is 0 Å². The number of hydrogen-bond donors (Lipinski definition) is 0. The molecule has 10 aromatic carbocycles. The standard InChI is InChI=1S/C60H44/c1-59(2)51-35-41(53-43-23-13-11-21-39(43)27-31-45(53)37-17-7-5-8-18-37)29-33-49(51)55-47-25-15-16-26-48(47)56-50-34-30-42(36-52(50)60(3,4)58(56)57(55)59)54-44-24-14-12-22-40(44)28-32-46(54)38-19-9-6-10-20-38/h5-36H,1-4H3. The molecular formula is C60H44. The van der Waals surface area contributed by atoms with Gasteiger partial charge in [0, 0.05) is 10.8 Å². The van der Waals surface area contributed by atoms with Crippen LogP contribution in [0.1, 0.15) is 49.9 Å². The van der Waals surface area contributed by atoms with Gasteiger partial charge in [-0.1, -0.05) is 210 Å². The number of hydrogen-bond acceptors (Lipinski definition) is 0. The molecule has 0 aromatic heterocycles. The molecule has 0 radical (unpaired) electrons. The highest BCUT2D eigenvalue weighted by atomic mass is 14.5. The first-order valence-electron chi connectivity index (χ1n) is 21.4. The second-order valence-corrected chi connectivity index (χ2v) is 18.0. The van der Waals surface area contributed by atoms with Crippen LogP contribution in [0.3, 0.4) is 0 Å². The minimum Gasteiger partial charge on any atom is -0.0622 e. The fourth-order valence-electron chi connectivity index (χ4n) is 11.3. The third-order valence-corrected chi connectivity index (χ3v) is 14.0. The van der Waals surface area contributed by atoms with Crippen molar-refractivity contribution >= 4 is 32.3 Å². The second-order valence-electron chi connectivity index (χ2n) is 18.0. The monoisotopic (exact) mass is 764 g/mol. The molecule has 0 atom stereocenters. The zero-order valence-corrected chi connectivity index (χ0v) is 34.5. The van der Waals surface area contributed by atoms with Gasteiger partial charge in [0.1, 0.15) is 0 Å². The van der Waals surface area contributed by atoms with E-state index in [0.29, 0.717) is 0 Å². The molecule has 0 fully saturated rings. The van der Waals surface area contributed by atoms with E-state index in [4.69, 9.17) is 0 Å². The molecule has 60 heavy (non-hydrogen) atoms. The van der Waals surface area contributed by atoms with Crippen molar-refractivity contribution in [1.29, 1.82) is 0 Å². The van der Waals surface area contributed by atoms with E-state index in [1.54, 1.807) is 0 Å².